The van der Waals surface area contributed by atoms with Crippen LogP contribution in [-0.2, 0) is 14.3 Å². The van der Waals surface area contributed by atoms with Gasteiger partial charge in [-0.15, -0.1) is 0 Å². The molecular weight excluding hydrogens is 433 g/mol. The maximum absolute atomic E-state index is 13.5. The highest BCUT2D eigenvalue weighted by atomic mass is 16.6. The lowest BCUT2D eigenvalue weighted by atomic mass is 9.73. The molecule has 1 heterocycles. The maximum atomic E-state index is 13.5. The van der Waals surface area contributed by atoms with Crippen molar-refractivity contribution in [3.63, 3.8) is 0 Å². The molecule has 1 aromatic carbocycles. The zero-order valence-corrected chi connectivity index (χ0v) is 21.6. The number of alkyl carbamates (subject to hydrolysis) is 1. The summed E-state index contributed by atoms with van der Waals surface area (Å²) >= 11 is 0. The van der Waals surface area contributed by atoms with E-state index >= 15 is 0 Å². The van der Waals surface area contributed by atoms with Gasteiger partial charge in [0.2, 0.25) is 11.8 Å². The largest absolute Gasteiger partial charge is 0.444 e. The first-order valence-corrected chi connectivity index (χ1v) is 11.8. The number of aliphatic hydroxyl groups is 1. The van der Waals surface area contributed by atoms with Gasteiger partial charge in [0.05, 0.1) is 12.1 Å². The van der Waals surface area contributed by atoms with E-state index in [1.54, 1.807) is 20.8 Å². The first-order valence-electron chi connectivity index (χ1n) is 11.8. The van der Waals surface area contributed by atoms with Gasteiger partial charge in [-0.1, -0.05) is 57.3 Å². The van der Waals surface area contributed by atoms with E-state index in [0.717, 1.165) is 11.0 Å². The highest BCUT2D eigenvalue weighted by Crippen LogP contribution is 2.27. The van der Waals surface area contributed by atoms with Crippen LogP contribution >= 0.6 is 0 Å². The van der Waals surface area contributed by atoms with Gasteiger partial charge in [-0.2, -0.15) is 0 Å². The van der Waals surface area contributed by atoms with E-state index in [0.29, 0.717) is 0 Å². The molecule has 187 valence electrons. The first-order chi connectivity index (χ1) is 15.6. The molecule has 0 aliphatic carbocycles. The average molecular weight is 472 g/mol. The highest BCUT2D eigenvalue weighted by molar-refractivity contribution is 6.51. The number of ether oxygens (including phenoxy) is 1. The number of hydrogen-bond donors (Lipinski definition) is 3. The van der Waals surface area contributed by atoms with Gasteiger partial charge in [0.1, 0.15) is 25.0 Å². The number of β-amino-alcohol motifs (C(OH)–C–C–N with tert-alkyl or cyclic N) is 1. The second kappa shape index (κ2) is 10.8. The fourth-order valence-corrected chi connectivity index (χ4v) is 3.92. The molecule has 9 heteroatoms. The molecule has 1 fully saturated rings. The molecule has 0 spiro atoms. The summed E-state index contributed by atoms with van der Waals surface area (Å²) in [6.45, 7) is 14.6. The molecule has 1 saturated heterocycles. The van der Waals surface area contributed by atoms with Crippen LogP contribution in [0.15, 0.2) is 24.3 Å². The predicted octanol–water partition coefficient (Wildman–Crippen LogP) is 2.14. The molecule has 0 saturated carbocycles. The molecular formula is C25H39BN3O5. The second-order valence-corrected chi connectivity index (χ2v) is 11.0. The van der Waals surface area contributed by atoms with Crippen molar-refractivity contribution in [2.75, 3.05) is 6.54 Å². The van der Waals surface area contributed by atoms with Gasteiger partial charge in [0, 0.05) is 13.0 Å². The fourth-order valence-electron chi connectivity index (χ4n) is 3.92. The van der Waals surface area contributed by atoms with Crippen LogP contribution in [0.25, 0.3) is 0 Å². The van der Waals surface area contributed by atoms with Crippen LogP contribution in [0.4, 0.5) is 4.79 Å². The van der Waals surface area contributed by atoms with E-state index in [4.69, 9.17) is 4.74 Å². The Hall–Kier alpha value is -2.55. The molecule has 8 nitrogen and oxygen atoms in total. The number of carbonyl (C=O) groups is 3. The maximum Gasteiger partial charge on any atom is 0.408 e. The number of likely N-dealkylation sites (tertiary alicyclic amines) is 1. The molecule has 1 radical (unpaired) electrons. The molecule has 3 amide bonds. The number of carbonyl (C=O) groups excluding carboxylic acids is 3. The smallest absolute Gasteiger partial charge is 0.408 e. The third-order valence-corrected chi connectivity index (χ3v) is 5.77. The normalized spacial score (nSPS) is 20.3. The van der Waals surface area contributed by atoms with Crippen molar-refractivity contribution in [1.82, 2.24) is 15.5 Å². The van der Waals surface area contributed by atoms with Crippen molar-refractivity contribution < 1.29 is 24.2 Å². The number of rotatable bonds is 6. The number of aliphatic hydroxyl groups excluding tert-OH is 1. The fraction of sp³-hybridized carbons (Fsp3) is 0.640. The van der Waals surface area contributed by atoms with Crippen LogP contribution in [0.1, 0.15) is 66.5 Å². The van der Waals surface area contributed by atoms with Gasteiger partial charge < -0.3 is 25.4 Å². The lowest BCUT2D eigenvalue weighted by Crippen LogP contribution is -2.58. The van der Waals surface area contributed by atoms with Crippen molar-refractivity contribution >= 4 is 30.6 Å². The Labute approximate surface area is 204 Å². The van der Waals surface area contributed by atoms with Gasteiger partial charge in [-0.3, -0.25) is 9.59 Å². The van der Waals surface area contributed by atoms with Gasteiger partial charge >= 0.3 is 6.09 Å². The Balaban J connectivity index is 2.17. The number of nitrogens with one attached hydrogen (secondary N) is 2. The van der Waals surface area contributed by atoms with Gasteiger partial charge in [0.15, 0.2) is 0 Å². The predicted molar refractivity (Wildman–Crippen MR) is 133 cm³/mol. The van der Waals surface area contributed by atoms with Crippen LogP contribution in [0.5, 0.6) is 0 Å². The van der Waals surface area contributed by atoms with E-state index in [1.165, 1.54) is 4.90 Å². The third-order valence-electron chi connectivity index (χ3n) is 5.77. The standard InChI is InChI=1S/C25H39BN3O5/c1-15(16-9-11-17(26-8)12-10-16)27-21(31)19-13-18(30)14-29(19)22(32)20(24(2,3)4)28-23(33)34-25(5,6)7/h9-12,15,18-20,30H,13-14H2,1-8H3,(H,27,31)(H,28,33)/t15-,18+,19-,20+/m0/s1. The summed E-state index contributed by atoms with van der Waals surface area (Å²) in [5.74, 6) is -0.765. The Morgan fingerprint density at radius 3 is 2.18 bits per heavy atom. The molecule has 2 rings (SSSR count). The van der Waals surface area contributed by atoms with Crippen LogP contribution in [0, 0.1) is 5.41 Å². The van der Waals surface area contributed by atoms with Crippen LogP contribution in [0.2, 0.25) is 6.82 Å². The summed E-state index contributed by atoms with van der Waals surface area (Å²) in [5.41, 5.74) is 0.664. The Kier molecular flexibility index (Phi) is 8.80. The monoisotopic (exact) mass is 472 g/mol. The molecule has 0 bridgehead atoms. The lowest BCUT2D eigenvalue weighted by Gasteiger charge is -2.35. The SMILES string of the molecule is C[B]c1ccc([C@H](C)NC(=O)[C@@H]2C[C@@H](O)CN2C(=O)[C@@H](NC(=O)OC(C)(C)C)C(C)(C)C)cc1. The summed E-state index contributed by atoms with van der Waals surface area (Å²) in [7, 11) is 1.99. The Bertz CT molecular complexity index is 876. The molecule has 1 aliphatic heterocycles. The van der Waals surface area contributed by atoms with Crippen molar-refractivity contribution in [3.8, 4) is 0 Å². The van der Waals surface area contributed by atoms with E-state index < -0.39 is 41.2 Å². The van der Waals surface area contributed by atoms with Gasteiger partial charge in [-0.05, 0) is 38.7 Å². The molecule has 1 aliphatic rings. The summed E-state index contributed by atoms with van der Waals surface area (Å²) in [6, 6.07) is 5.82. The topological polar surface area (TPSA) is 108 Å². The molecule has 0 aromatic heterocycles. The molecule has 3 N–H and O–H groups in total. The minimum absolute atomic E-state index is 0.0227. The summed E-state index contributed by atoms with van der Waals surface area (Å²) < 4.78 is 5.34. The van der Waals surface area contributed by atoms with Crippen molar-refractivity contribution in [3.05, 3.63) is 29.8 Å². The number of nitrogens with zero attached hydrogens (tertiary/aromatic N) is 1. The van der Waals surface area contributed by atoms with E-state index in [-0.39, 0.29) is 24.9 Å². The minimum Gasteiger partial charge on any atom is -0.444 e. The first kappa shape index (κ1) is 27.7. The summed E-state index contributed by atoms with van der Waals surface area (Å²) in [4.78, 5) is 40.5. The summed E-state index contributed by atoms with van der Waals surface area (Å²) in [6.07, 6.45) is -1.39. The zero-order valence-electron chi connectivity index (χ0n) is 21.6. The number of benzene rings is 1. The zero-order chi connectivity index (χ0) is 25.8. The molecule has 4 atom stereocenters. The third kappa shape index (κ3) is 7.48. The molecule has 34 heavy (non-hydrogen) atoms. The van der Waals surface area contributed by atoms with Gasteiger partial charge in [0.25, 0.3) is 0 Å². The molecule has 0 unspecified atom stereocenters. The van der Waals surface area contributed by atoms with Gasteiger partial charge in [-0.25, -0.2) is 4.79 Å². The minimum atomic E-state index is -0.932. The van der Waals surface area contributed by atoms with Crippen molar-refractivity contribution in [2.24, 2.45) is 5.41 Å². The molecule has 1 aromatic rings. The Morgan fingerprint density at radius 2 is 1.68 bits per heavy atom. The quantitative estimate of drug-likeness (QED) is 0.550. The average Bonchev–Trinajstić information content (AvgIpc) is 3.11. The van der Waals surface area contributed by atoms with Crippen molar-refractivity contribution in [1.29, 1.82) is 0 Å². The highest BCUT2D eigenvalue weighted by Gasteiger charge is 2.45. The van der Waals surface area contributed by atoms with E-state index in [1.807, 2.05) is 66.1 Å². The van der Waals surface area contributed by atoms with Crippen LogP contribution in [-0.4, -0.2) is 65.5 Å². The lowest BCUT2D eigenvalue weighted by molar-refractivity contribution is -0.142. The second-order valence-electron chi connectivity index (χ2n) is 11.0. The van der Waals surface area contributed by atoms with Crippen LogP contribution in [0.3, 0.4) is 0 Å². The van der Waals surface area contributed by atoms with Crippen molar-refractivity contribution in [2.45, 2.75) is 91.5 Å². The Morgan fingerprint density at radius 1 is 1.09 bits per heavy atom. The van der Waals surface area contributed by atoms with E-state index in [9.17, 15) is 19.5 Å². The number of hydrogen-bond acceptors (Lipinski definition) is 5. The summed E-state index contributed by atoms with van der Waals surface area (Å²) in [5, 5.41) is 15.9. The van der Waals surface area contributed by atoms with Crippen LogP contribution < -0.4 is 16.1 Å². The van der Waals surface area contributed by atoms with E-state index in [2.05, 4.69) is 10.6 Å². The number of amides is 3.